The summed E-state index contributed by atoms with van der Waals surface area (Å²) in [5, 5.41) is 10.5. The van der Waals surface area contributed by atoms with Crippen molar-refractivity contribution in [2.45, 2.75) is 56.4 Å². The molecule has 0 amide bonds. The Morgan fingerprint density at radius 3 is 2.32 bits per heavy atom. The number of halogens is 1. The van der Waals surface area contributed by atoms with Crippen LogP contribution in [0.15, 0.2) is 66.7 Å². The fourth-order valence-electron chi connectivity index (χ4n) is 4.36. The first-order valence-corrected chi connectivity index (χ1v) is 11.4. The SMILES string of the molecule is [CH2-]CC/C=C\C[C@@H]1[C@@H](COc2ccc(C(C)(C)c3ccccc3)cc2)[C@H](O)C[C@H]1Cl.[Y]. The van der Waals surface area contributed by atoms with Gasteiger partial charge in [-0.2, -0.15) is 6.42 Å². The summed E-state index contributed by atoms with van der Waals surface area (Å²) in [5.41, 5.74) is 2.46. The van der Waals surface area contributed by atoms with Crippen LogP contribution in [-0.2, 0) is 38.1 Å². The molecule has 0 aromatic heterocycles. The molecule has 4 atom stereocenters. The molecule has 0 unspecified atom stereocenters. The van der Waals surface area contributed by atoms with Gasteiger partial charge in [-0.15, -0.1) is 11.6 Å². The molecule has 1 aliphatic carbocycles. The normalized spacial score (nSPS) is 23.6. The van der Waals surface area contributed by atoms with Crippen LogP contribution in [0.3, 0.4) is 0 Å². The zero-order valence-corrected chi connectivity index (χ0v) is 22.3. The molecule has 31 heavy (non-hydrogen) atoms. The van der Waals surface area contributed by atoms with E-state index in [1.54, 1.807) is 0 Å². The largest absolute Gasteiger partial charge is 0.493 e. The Kier molecular flexibility index (Phi) is 10.8. The number of aliphatic hydroxyl groups is 1. The second kappa shape index (κ2) is 12.5. The maximum atomic E-state index is 10.5. The van der Waals surface area contributed by atoms with E-state index in [4.69, 9.17) is 16.3 Å². The number of ether oxygens (including phenoxy) is 1. The predicted octanol–water partition coefficient (Wildman–Crippen LogP) is 6.55. The fourth-order valence-corrected chi connectivity index (χ4v) is 4.83. The second-order valence-electron chi connectivity index (χ2n) is 8.82. The Labute approximate surface area is 218 Å². The van der Waals surface area contributed by atoms with Crippen LogP contribution in [0.1, 0.15) is 50.7 Å². The standard InChI is InChI=1S/C27H34ClO2.Y/c1-4-5-6-10-13-23-24(26(29)18-25(23)28)19-30-22-16-14-21(15-17-22)27(2,3)20-11-8-7-9-12-20;/h6-12,14-17,23-26,29H,1,4-5,13,18-19H2,2-3H3;/q-1;/b10-6-;/t23-,24-,25-,26-;/m1./s1. The molecule has 1 fully saturated rings. The molecule has 1 aliphatic rings. The summed E-state index contributed by atoms with van der Waals surface area (Å²) in [6.07, 6.45) is 7.32. The summed E-state index contributed by atoms with van der Waals surface area (Å²) in [6, 6.07) is 18.9. The Hall–Kier alpha value is -0.666. The third-order valence-corrected chi connectivity index (χ3v) is 6.94. The fraction of sp³-hybridized carbons (Fsp3) is 0.444. The number of allylic oxidation sites excluding steroid dienone is 2. The monoisotopic (exact) mass is 514 g/mol. The van der Waals surface area contributed by atoms with Crippen molar-refractivity contribution in [3.05, 3.63) is 84.8 Å². The maximum absolute atomic E-state index is 10.5. The molecule has 1 saturated carbocycles. The van der Waals surface area contributed by atoms with E-state index in [2.05, 4.69) is 69.3 Å². The Morgan fingerprint density at radius 2 is 1.68 bits per heavy atom. The number of aliphatic hydroxyl groups excluding tert-OH is 1. The van der Waals surface area contributed by atoms with E-state index >= 15 is 0 Å². The van der Waals surface area contributed by atoms with Crippen molar-refractivity contribution in [3.8, 4) is 5.75 Å². The summed E-state index contributed by atoms with van der Waals surface area (Å²) >= 11 is 6.53. The van der Waals surface area contributed by atoms with Crippen LogP contribution in [0.2, 0.25) is 0 Å². The van der Waals surface area contributed by atoms with Gasteiger partial charge in [0.2, 0.25) is 0 Å². The van der Waals surface area contributed by atoms with Crippen LogP contribution >= 0.6 is 11.6 Å². The smallest absolute Gasteiger partial charge is 0.119 e. The minimum absolute atomic E-state index is 0. The van der Waals surface area contributed by atoms with Crippen LogP contribution in [0.25, 0.3) is 0 Å². The first-order chi connectivity index (χ1) is 14.4. The van der Waals surface area contributed by atoms with Gasteiger partial charge in [-0.3, -0.25) is 0 Å². The van der Waals surface area contributed by atoms with Crippen LogP contribution in [-0.4, -0.2) is 23.2 Å². The van der Waals surface area contributed by atoms with E-state index in [9.17, 15) is 5.11 Å². The average molecular weight is 515 g/mol. The van der Waals surface area contributed by atoms with Crippen LogP contribution in [0.4, 0.5) is 0 Å². The zero-order chi connectivity index (χ0) is 21.6. The molecule has 2 aromatic carbocycles. The first-order valence-electron chi connectivity index (χ1n) is 11.0. The van der Waals surface area contributed by atoms with Crippen molar-refractivity contribution < 1.29 is 42.6 Å². The van der Waals surface area contributed by atoms with Gasteiger partial charge in [-0.05, 0) is 42.0 Å². The Bertz CT molecular complexity index is 804. The number of hydrogen-bond donors (Lipinski definition) is 1. The number of rotatable bonds is 9. The quantitative estimate of drug-likeness (QED) is 0.233. The molecule has 4 heteroatoms. The van der Waals surface area contributed by atoms with Crippen molar-refractivity contribution >= 4 is 11.6 Å². The Morgan fingerprint density at radius 1 is 1.03 bits per heavy atom. The first kappa shape index (κ1) is 26.6. The van der Waals surface area contributed by atoms with Gasteiger partial charge in [0.05, 0.1) is 12.7 Å². The third kappa shape index (κ3) is 6.91. The third-order valence-electron chi connectivity index (χ3n) is 6.44. The number of benzene rings is 2. The number of alkyl halides is 1. The molecular weight excluding hydrogens is 481 g/mol. The zero-order valence-electron chi connectivity index (χ0n) is 18.7. The summed E-state index contributed by atoms with van der Waals surface area (Å²) in [4.78, 5) is 0. The van der Waals surface area contributed by atoms with Crippen molar-refractivity contribution in [2.24, 2.45) is 11.8 Å². The maximum Gasteiger partial charge on any atom is 0.119 e. The summed E-state index contributed by atoms with van der Waals surface area (Å²) in [6.45, 7) is 8.82. The van der Waals surface area contributed by atoms with E-state index in [1.165, 1.54) is 11.1 Å². The van der Waals surface area contributed by atoms with E-state index in [1.807, 2.05) is 18.2 Å². The van der Waals surface area contributed by atoms with Crippen molar-refractivity contribution in [1.29, 1.82) is 0 Å². The van der Waals surface area contributed by atoms with Gasteiger partial charge < -0.3 is 16.8 Å². The van der Waals surface area contributed by atoms with Gasteiger partial charge in [0.25, 0.3) is 0 Å². The molecule has 1 radical (unpaired) electrons. The molecule has 0 saturated heterocycles. The molecule has 3 rings (SSSR count). The second-order valence-corrected chi connectivity index (χ2v) is 9.38. The molecule has 2 aromatic rings. The van der Waals surface area contributed by atoms with E-state index in [-0.39, 0.29) is 55.3 Å². The molecule has 0 bridgehead atoms. The number of hydrogen-bond acceptors (Lipinski definition) is 2. The molecule has 0 aliphatic heterocycles. The van der Waals surface area contributed by atoms with Crippen LogP contribution < -0.4 is 4.74 Å². The van der Waals surface area contributed by atoms with E-state index < -0.39 is 6.10 Å². The molecule has 0 heterocycles. The van der Waals surface area contributed by atoms with E-state index in [0.717, 1.165) is 25.0 Å². The molecule has 1 N–H and O–H groups in total. The van der Waals surface area contributed by atoms with Crippen molar-refractivity contribution in [2.75, 3.05) is 6.61 Å². The summed E-state index contributed by atoms with van der Waals surface area (Å²) in [5.74, 6) is 1.12. The van der Waals surface area contributed by atoms with Gasteiger partial charge in [-0.25, -0.2) is 0 Å². The van der Waals surface area contributed by atoms with Crippen LogP contribution in [0, 0.1) is 18.8 Å². The van der Waals surface area contributed by atoms with Gasteiger partial charge in [0, 0.05) is 49.4 Å². The molecule has 2 nitrogen and oxygen atoms in total. The van der Waals surface area contributed by atoms with Gasteiger partial charge in [0.15, 0.2) is 0 Å². The van der Waals surface area contributed by atoms with Crippen molar-refractivity contribution in [3.63, 3.8) is 0 Å². The minimum atomic E-state index is -0.407. The number of unbranched alkanes of at least 4 members (excludes halogenated alkanes) is 1. The van der Waals surface area contributed by atoms with Gasteiger partial charge >= 0.3 is 0 Å². The minimum Gasteiger partial charge on any atom is -0.493 e. The van der Waals surface area contributed by atoms with Crippen LogP contribution in [0.5, 0.6) is 5.75 Å². The predicted molar refractivity (Wildman–Crippen MR) is 126 cm³/mol. The Balaban J connectivity index is 0.00000341. The molecule has 165 valence electrons. The van der Waals surface area contributed by atoms with E-state index in [0.29, 0.717) is 13.0 Å². The molecular formula is C27H34ClO2Y-. The average Bonchev–Trinajstić information content (AvgIpc) is 3.03. The summed E-state index contributed by atoms with van der Waals surface area (Å²) < 4.78 is 6.09. The summed E-state index contributed by atoms with van der Waals surface area (Å²) in [7, 11) is 0. The topological polar surface area (TPSA) is 29.5 Å². The van der Waals surface area contributed by atoms with Gasteiger partial charge in [0.1, 0.15) is 5.75 Å². The van der Waals surface area contributed by atoms with Crippen molar-refractivity contribution in [1.82, 2.24) is 0 Å². The van der Waals surface area contributed by atoms with Gasteiger partial charge in [-0.1, -0.05) is 74.9 Å². The molecule has 0 spiro atoms.